The Morgan fingerprint density at radius 2 is 2.00 bits per heavy atom. The number of hydrogen-bond acceptors (Lipinski definition) is 4. The first-order valence-electron chi connectivity index (χ1n) is 5.30. The molecule has 2 N–H and O–H groups in total. The molecule has 1 atom stereocenters. The number of nitrogen functional groups attached to an aromatic ring is 1. The van der Waals surface area contributed by atoms with E-state index >= 15 is 0 Å². The number of ether oxygens (including phenoxy) is 1. The first-order chi connectivity index (χ1) is 8.32. The van der Waals surface area contributed by atoms with Crippen LogP contribution in [0, 0.1) is 0 Å². The molecular weight excluding hydrogens is 300 g/mol. The Bertz CT molecular complexity index is 474. The Morgan fingerprint density at radius 1 is 1.39 bits per heavy atom. The molecule has 1 aromatic rings. The van der Waals surface area contributed by atoms with Crippen molar-refractivity contribution in [3.05, 3.63) is 28.2 Å². The number of hydrogen-bond donors (Lipinski definition) is 1. The third-order valence-electron chi connectivity index (χ3n) is 2.31. The van der Waals surface area contributed by atoms with Crippen LogP contribution in [-0.2, 0) is 9.53 Å². The van der Waals surface area contributed by atoms with Crippen LogP contribution in [0.1, 0.15) is 17.3 Å². The van der Waals surface area contributed by atoms with Crippen molar-refractivity contribution < 1.29 is 14.3 Å². The number of rotatable bonds is 3. The van der Waals surface area contributed by atoms with E-state index in [1.807, 2.05) is 0 Å². The van der Waals surface area contributed by atoms with Crippen molar-refractivity contribution in [2.45, 2.75) is 13.0 Å². The maximum Gasteiger partial charge on any atom is 0.341 e. The van der Waals surface area contributed by atoms with Crippen molar-refractivity contribution in [2.75, 3.05) is 19.8 Å². The van der Waals surface area contributed by atoms with Crippen LogP contribution in [0.3, 0.4) is 0 Å². The second-order valence-electron chi connectivity index (χ2n) is 4.01. The maximum atomic E-state index is 11.9. The predicted octanol–water partition coefficient (Wildman–Crippen LogP) is 1.66. The molecule has 0 aliphatic heterocycles. The first-order valence-corrected chi connectivity index (χ1v) is 6.09. The minimum Gasteiger partial charge on any atom is -0.449 e. The van der Waals surface area contributed by atoms with Crippen molar-refractivity contribution in [3.63, 3.8) is 0 Å². The standard InChI is InChI=1S/C12H15BrN2O3/c1-7(11(16)15(2)3)18-12(17)9-6-8(13)4-5-10(9)14/h4-7H,14H2,1-3H3/t7-/m1/s1. The van der Waals surface area contributed by atoms with Gasteiger partial charge in [0.15, 0.2) is 6.10 Å². The number of likely N-dealkylation sites (N-methyl/N-ethyl adjacent to an activating group) is 1. The van der Waals surface area contributed by atoms with Crippen LogP contribution in [0.4, 0.5) is 5.69 Å². The fourth-order valence-corrected chi connectivity index (χ4v) is 1.70. The van der Waals surface area contributed by atoms with E-state index in [1.165, 1.54) is 11.8 Å². The summed E-state index contributed by atoms with van der Waals surface area (Å²) in [6.45, 7) is 1.52. The molecule has 1 aromatic carbocycles. The molecule has 0 heterocycles. The Morgan fingerprint density at radius 3 is 2.56 bits per heavy atom. The zero-order chi connectivity index (χ0) is 13.9. The molecule has 0 unspecified atom stereocenters. The SMILES string of the molecule is C[C@@H](OC(=O)c1cc(Br)ccc1N)C(=O)N(C)C. The highest BCUT2D eigenvalue weighted by Gasteiger charge is 2.21. The molecule has 98 valence electrons. The molecule has 18 heavy (non-hydrogen) atoms. The summed E-state index contributed by atoms with van der Waals surface area (Å²) in [6.07, 6.45) is -0.842. The number of nitrogens with zero attached hydrogens (tertiary/aromatic N) is 1. The van der Waals surface area contributed by atoms with Gasteiger partial charge in [0.05, 0.1) is 5.56 Å². The van der Waals surface area contributed by atoms with E-state index in [9.17, 15) is 9.59 Å². The van der Waals surface area contributed by atoms with Crippen LogP contribution in [0.15, 0.2) is 22.7 Å². The summed E-state index contributed by atoms with van der Waals surface area (Å²) in [4.78, 5) is 24.8. The Labute approximate surface area is 114 Å². The highest BCUT2D eigenvalue weighted by Crippen LogP contribution is 2.19. The van der Waals surface area contributed by atoms with Crippen LogP contribution >= 0.6 is 15.9 Å². The van der Waals surface area contributed by atoms with Crippen LogP contribution in [0.25, 0.3) is 0 Å². The fraction of sp³-hybridized carbons (Fsp3) is 0.333. The number of halogens is 1. The quantitative estimate of drug-likeness (QED) is 0.680. The Hall–Kier alpha value is -1.56. The van der Waals surface area contributed by atoms with Crippen molar-refractivity contribution in [3.8, 4) is 0 Å². The lowest BCUT2D eigenvalue weighted by atomic mass is 10.2. The van der Waals surface area contributed by atoms with Gasteiger partial charge in [0.2, 0.25) is 0 Å². The molecule has 0 fully saturated rings. The van der Waals surface area contributed by atoms with Gasteiger partial charge >= 0.3 is 5.97 Å². The van der Waals surface area contributed by atoms with Gasteiger partial charge in [-0.1, -0.05) is 15.9 Å². The lowest BCUT2D eigenvalue weighted by Gasteiger charge is -2.17. The van der Waals surface area contributed by atoms with Crippen molar-refractivity contribution in [2.24, 2.45) is 0 Å². The van der Waals surface area contributed by atoms with Gasteiger partial charge in [-0.25, -0.2) is 4.79 Å². The average molecular weight is 315 g/mol. The van der Waals surface area contributed by atoms with Crippen LogP contribution in [-0.4, -0.2) is 37.0 Å². The van der Waals surface area contributed by atoms with Gasteiger partial charge in [-0.05, 0) is 25.1 Å². The van der Waals surface area contributed by atoms with Crippen LogP contribution in [0.2, 0.25) is 0 Å². The number of nitrogens with two attached hydrogens (primary N) is 1. The highest BCUT2D eigenvalue weighted by atomic mass is 79.9. The summed E-state index contributed by atoms with van der Waals surface area (Å²) in [6, 6.07) is 4.88. The zero-order valence-electron chi connectivity index (χ0n) is 10.4. The van der Waals surface area contributed by atoms with Crippen molar-refractivity contribution in [1.29, 1.82) is 0 Å². The van der Waals surface area contributed by atoms with Gasteiger partial charge in [0, 0.05) is 24.3 Å². The van der Waals surface area contributed by atoms with E-state index < -0.39 is 12.1 Å². The van der Waals surface area contributed by atoms with Gasteiger partial charge in [0.25, 0.3) is 5.91 Å². The third kappa shape index (κ3) is 3.46. The van der Waals surface area contributed by atoms with E-state index in [0.29, 0.717) is 5.69 Å². The molecule has 0 aromatic heterocycles. The van der Waals surface area contributed by atoms with Gasteiger partial charge in [0.1, 0.15) is 0 Å². The molecule has 5 nitrogen and oxygen atoms in total. The van der Waals surface area contributed by atoms with Gasteiger partial charge in [-0.15, -0.1) is 0 Å². The van der Waals surface area contributed by atoms with Gasteiger partial charge < -0.3 is 15.4 Å². The topological polar surface area (TPSA) is 72.6 Å². The molecule has 0 aliphatic carbocycles. The van der Waals surface area contributed by atoms with Gasteiger partial charge in [-0.2, -0.15) is 0 Å². The van der Waals surface area contributed by atoms with E-state index in [4.69, 9.17) is 10.5 Å². The second kappa shape index (κ2) is 5.86. The summed E-state index contributed by atoms with van der Waals surface area (Å²) in [5.74, 6) is -0.895. The normalized spacial score (nSPS) is 11.8. The molecule has 0 saturated heterocycles. The molecule has 1 amide bonds. The van der Waals surface area contributed by atoms with Crippen molar-refractivity contribution >= 4 is 33.5 Å². The number of carbonyl (C=O) groups excluding carboxylic acids is 2. The molecule has 1 rings (SSSR count). The van der Waals surface area contributed by atoms with Crippen molar-refractivity contribution in [1.82, 2.24) is 4.90 Å². The van der Waals surface area contributed by atoms with Crippen LogP contribution < -0.4 is 5.73 Å². The molecule has 0 spiro atoms. The summed E-state index contributed by atoms with van der Waals surface area (Å²) in [5.41, 5.74) is 6.24. The first kappa shape index (κ1) is 14.5. The van der Waals surface area contributed by atoms with E-state index in [1.54, 1.807) is 32.3 Å². The summed E-state index contributed by atoms with van der Waals surface area (Å²) in [7, 11) is 3.19. The smallest absolute Gasteiger partial charge is 0.341 e. The number of carbonyl (C=O) groups is 2. The minimum absolute atomic E-state index is 0.239. The largest absolute Gasteiger partial charge is 0.449 e. The molecule has 0 saturated carbocycles. The summed E-state index contributed by atoms with van der Waals surface area (Å²) < 4.78 is 5.78. The highest BCUT2D eigenvalue weighted by molar-refractivity contribution is 9.10. The molecule has 0 bridgehead atoms. The Kier molecular flexibility index (Phi) is 4.72. The maximum absolute atomic E-state index is 11.9. The lowest BCUT2D eigenvalue weighted by Crippen LogP contribution is -2.35. The Balaban J connectivity index is 2.83. The van der Waals surface area contributed by atoms with Crippen LogP contribution in [0.5, 0.6) is 0 Å². The zero-order valence-corrected chi connectivity index (χ0v) is 12.0. The fourth-order valence-electron chi connectivity index (χ4n) is 1.34. The monoisotopic (exact) mass is 314 g/mol. The van der Waals surface area contributed by atoms with E-state index in [2.05, 4.69) is 15.9 Å². The minimum atomic E-state index is -0.842. The number of amides is 1. The van der Waals surface area contributed by atoms with E-state index in [0.717, 1.165) is 4.47 Å². The number of esters is 1. The number of anilines is 1. The second-order valence-corrected chi connectivity index (χ2v) is 4.93. The van der Waals surface area contributed by atoms with Gasteiger partial charge in [-0.3, -0.25) is 4.79 Å². The lowest BCUT2D eigenvalue weighted by molar-refractivity contribution is -0.137. The molecule has 0 radical (unpaired) electrons. The average Bonchev–Trinajstić information content (AvgIpc) is 2.30. The predicted molar refractivity (Wildman–Crippen MR) is 72.1 cm³/mol. The summed E-state index contributed by atoms with van der Waals surface area (Å²) >= 11 is 3.24. The van der Waals surface area contributed by atoms with E-state index in [-0.39, 0.29) is 11.5 Å². The summed E-state index contributed by atoms with van der Waals surface area (Å²) in [5, 5.41) is 0. The molecule has 0 aliphatic rings. The molecular formula is C12H15BrN2O3. The number of benzene rings is 1. The third-order valence-corrected chi connectivity index (χ3v) is 2.80. The molecule has 6 heteroatoms.